The molecule has 0 amide bonds. The third-order valence-electron chi connectivity index (χ3n) is 2.58. The Kier molecular flexibility index (Phi) is 3.97. The second-order valence-corrected chi connectivity index (χ2v) is 4.24. The van der Waals surface area contributed by atoms with Crippen molar-refractivity contribution in [2.45, 2.75) is 6.92 Å². The Morgan fingerprint density at radius 3 is 2.89 bits per heavy atom. The molecular weight excluding hydrogens is 266 g/mol. The van der Waals surface area contributed by atoms with E-state index in [2.05, 4.69) is 20.0 Å². The molecule has 1 aromatic carbocycles. The molecule has 0 unspecified atom stereocenters. The lowest BCUT2D eigenvalue weighted by molar-refractivity contribution is 0.0601. The van der Waals surface area contributed by atoms with Gasteiger partial charge in [-0.05, 0) is 18.6 Å². The zero-order valence-corrected chi connectivity index (χ0v) is 11.2. The van der Waals surface area contributed by atoms with Crippen LogP contribution in [0.15, 0.2) is 30.7 Å². The molecule has 0 spiro atoms. The van der Waals surface area contributed by atoms with Crippen molar-refractivity contribution in [3.05, 3.63) is 46.9 Å². The van der Waals surface area contributed by atoms with Crippen LogP contribution >= 0.6 is 11.6 Å². The maximum Gasteiger partial charge on any atom is 0.343 e. The first-order chi connectivity index (χ1) is 9.13. The first kappa shape index (κ1) is 13.3. The number of aryl methyl sites for hydroxylation is 1. The second kappa shape index (κ2) is 5.67. The van der Waals surface area contributed by atoms with Gasteiger partial charge in [0.25, 0.3) is 0 Å². The van der Waals surface area contributed by atoms with Gasteiger partial charge in [0.1, 0.15) is 17.7 Å². The summed E-state index contributed by atoms with van der Waals surface area (Å²) < 4.78 is 4.68. The summed E-state index contributed by atoms with van der Waals surface area (Å²) in [5, 5.41) is 3.59. The molecule has 0 radical (unpaired) electrons. The molecule has 5 nitrogen and oxygen atoms in total. The fourth-order valence-corrected chi connectivity index (χ4v) is 1.87. The summed E-state index contributed by atoms with van der Waals surface area (Å²) in [6.07, 6.45) is 2.74. The van der Waals surface area contributed by atoms with Gasteiger partial charge in [0.15, 0.2) is 0 Å². The summed E-state index contributed by atoms with van der Waals surface area (Å²) >= 11 is 6.12. The maximum atomic E-state index is 11.6. The number of methoxy groups -OCH3 is 1. The summed E-state index contributed by atoms with van der Waals surface area (Å²) in [7, 11) is 1.31. The predicted octanol–water partition coefficient (Wildman–Crippen LogP) is 2.97. The van der Waals surface area contributed by atoms with E-state index in [1.54, 1.807) is 6.07 Å². The number of hydrogen-bond acceptors (Lipinski definition) is 5. The van der Waals surface area contributed by atoms with Gasteiger partial charge in [-0.3, -0.25) is 0 Å². The van der Waals surface area contributed by atoms with E-state index >= 15 is 0 Å². The number of rotatable bonds is 3. The Morgan fingerprint density at radius 1 is 1.42 bits per heavy atom. The molecule has 0 aliphatic heterocycles. The molecule has 0 saturated heterocycles. The molecule has 2 rings (SSSR count). The van der Waals surface area contributed by atoms with Gasteiger partial charge in [0.05, 0.1) is 17.8 Å². The Morgan fingerprint density at radius 2 is 2.21 bits per heavy atom. The van der Waals surface area contributed by atoms with Gasteiger partial charge in [-0.25, -0.2) is 14.8 Å². The summed E-state index contributed by atoms with van der Waals surface area (Å²) in [4.78, 5) is 19.5. The van der Waals surface area contributed by atoms with Gasteiger partial charge in [-0.1, -0.05) is 23.7 Å². The molecule has 19 heavy (non-hydrogen) atoms. The lowest BCUT2D eigenvalue weighted by Gasteiger charge is -2.12. The number of esters is 1. The second-order valence-electron chi connectivity index (χ2n) is 3.83. The Balaban J connectivity index is 2.42. The van der Waals surface area contributed by atoms with Gasteiger partial charge >= 0.3 is 5.97 Å². The van der Waals surface area contributed by atoms with Crippen molar-refractivity contribution in [3.8, 4) is 0 Å². The normalized spacial score (nSPS) is 10.1. The Labute approximate surface area is 115 Å². The van der Waals surface area contributed by atoms with Crippen LogP contribution in [0.5, 0.6) is 0 Å². The number of hydrogen-bond donors (Lipinski definition) is 1. The SMILES string of the molecule is COC(=O)c1cncnc1Nc1c(C)cccc1Cl. The van der Waals surface area contributed by atoms with E-state index < -0.39 is 5.97 Å². The summed E-state index contributed by atoms with van der Waals surface area (Å²) in [5.41, 5.74) is 1.90. The quantitative estimate of drug-likeness (QED) is 0.874. The largest absolute Gasteiger partial charge is 0.465 e. The van der Waals surface area contributed by atoms with Crippen molar-refractivity contribution in [1.82, 2.24) is 9.97 Å². The monoisotopic (exact) mass is 277 g/mol. The summed E-state index contributed by atoms with van der Waals surface area (Å²) in [5.74, 6) is -0.147. The number of ether oxygens (including phenoxy) is 1. The van der Waals surface area contributed by atoms with E-state index in [1.165, 1.54) is 19.6 Å². The molecule has 0 atom stereocenters. The van der Waals surface area contributed by atoms with E-state index in [0.717, 1.165) is 5.56 Å². The van der Waals surface area contributed by atoms with E-state index in [9.17, 15) is 4.79 Å². The predicted molar refractivity (Wildman–Crippen MR) is 72.8 cm³/mol. The van der Waals surface area contributed by atoms with Crippen LogP contribution in [-0.2, 0) is 4.74 Å². The molecule has 0 aliphatic rings. The van der Waals surface area contributed by atoms with Gasteiger partial charge in [0.2, 0.25) is 0 Å². The minimum atomic E-state index is -0.507. The zero-order chi connectivity index (χ0) is 13.8. The number of nitrogens with one attached hydrogen (secondary N) is 1. The van der Waals surface area contributed by atoms with Crippen LogP contribution in [-0.4, -0.2) is 23.0 Å². The van der Waals surface area contributed by atoms with E-state index in [-0.39, 0.29) is 5.56 Å². The number of carbonyl (C=O) groups excluding carboxylic acids is 1. The fraction of sp³-hybridized carbons (Fsp3) is 0.154. The minimum absolute atomic E-state index is 0.254. The topological polar surface area (TPSA) is 64.1 Å². The van der Waals surface area contributed by atoms with Crippen LogP contribution < -0.4 is 5.32 Å². The van der Waals surface area contributed by atoms with Crippen LogP contribution in [0.25, 0.3) is 0 Å². The number of aromatic nitrogens is 2. The third-order valence-corrected chi connectivity index (χ3v) is 2.90. The van der Waals surface area contributed by atoms with Crippen molar-refractivity contribution in [1.29, 1.82) is 0 Å². The Hall–Kier alpha value is -2.14. The number of carbonyl (C=O) groups is 1. The number of halogens is 1. The van der Waals surface area contributed by atoms with Crippen LogP contribution in [0.4, 0.5) is 11.5 Å². The lowest BCUT2D eigenvalue weighted by Crippen LogP contribution is -2.08. The lowest BCUT2D eigenvalue weighted by atomic mass is 10.2. The molecule has 1 aromatic heterocycles. The first-order valence-corrected chi connectivity index (χ1v) is 5.91. The number of benzene rings is 1. The standard InChI is InChI=1S/C13H12ClN3O2/c1-8-4-3-5-10(14)11(8)17-12-9(13(18)19-2)6-15-7-16-12/h3-7H,1-2H3,(H,15,16,17). The molecule has 1 heterocycles. The van der Waals surface area contributed by atoms with E-state index in [0.29, 0.717) is 16.5 Å². The van der Waals surface area contributed by atoms with Crippen LogP contribution in [0.3, 0.4) is 0 Å². The van der Waals surface area contributed by atoms with Crippen LogP contribution in [0.1, 0.15) is 15.9 Å². The third kappa shape index (κ3) is 2.82. The number of anilines is 2. The highest BCUT2D eigenvalue weighted by molar-refractivity contribution is 6.33. The molecule has 0 aliphatic carbocycles. The molecule has 6 heteroatoms. The molecule has 1 N–H and O–H groups in total. The molecule has 0 fully saturated rings. The zero-order valence-electron chi connectivity index (χ0n) is 10.5. The maximum absolute atomic E-state index is 11.6. The molecule has 98 valence electrons. The van der Waals surface area contributed by atoms with Gasteiger partial charge in [0, 0.05) is 6.20 Å². The van der Waals surface area contributed by atoms with Gasteiger partial charge < -0.3 is 10.1 Å². The number of nitrogens with zero attached hydrogens (tertiary/aromatic N) is 2. The minimum Gasteiger partial charge on any atom is -0.465 e. The highest BCUT2D eigenvalue weighted by Crippen LogP contribution is 2.29. The van der Waals surface area contributed by atoms with Gasteiger partial charge in [-0.2, -0.15) is 0 Å². The van der Waals surface area contributed by atoms with E-state index in [1.807, 2.05) is 19.1 Å². The van der Waals surface area contributed by atoms with Crippen molar-refractivity contribution < 1.29 is 9.53 Å². The summed E-state index contributed by atoms with van der Waals surface area (Å²) in [6, 6.07) is 5.52. The average molecular weight is 278 g/mol. The van der Waals surface area contributed by atoms with Crippen LogP contribution in [0, 0.1) is 6.92 Å². The van der Waals surface area contributed by atoms with Crippen molar-refractivity contribution in [2.24, 2.45) is 0 Å². The van der Waals surface area contributed by atoms with Gasteiger partial charge in [-0.15, -0.1) is 0 Å². The van der Waals surface area contributed by atoms with Crippen molar-refractivity contribution in [2.75, 3.05) is 12.4 Å². The van der Waals surface area contributed by atoms with E-state index in [4.69, 9.17) is 11.6 Å². The molecular formula is C13H12ClN3O2. The van der Waals surface area contributed by atoms with Crippen molar-refractivity contribution >= 4 is 29.1 Å². The smallest absolute Gasteiger partial charge is 0.343 e. The first-order valence-electron chi connectivity index (χ1n) is 5.54. The fourth-order valence-electron chi connectivity index (χ4n) is 1.60. The Bertz CT molecular complexity index is 596. The van der Waals surface area contributed by atoms with Crippen LogP contribution in [0.2, 0.25) is 5.02 Å². The molecule has 0 bridgehead atoms. The highest BCUT2D eigenvalue weighted by Gasteiger charge is 2.15. The van der Waals surface area contributed by atoms with Crippen molar-refractivity contribution in [3.63, 3.8) is 0 Å². The molecule has 0 saturated carbocycles. The highest BCUT2D eigenvalue weighted by atomic mass is 35.5. The molecule has 2 aromatic rings. The number of para-hydroxylation sites is 1. The average Bonchev–Trinajstić information content (AvgIpc) is 2.42. The summed E-state index contributed by atoms with van der Waals surface area (Å²) in [6.45, 7) is 1.91.